The first-order valence-corrected chi connectivity index (χ1v) is 9.11. The molecule has 1 aromatic heterocycles. The fourth-order valence-electron chi connectivity index (χ4n) is 3.04. The van der Waals surface area contributed by atoms with E-state index in [2.05, 4.69) is 0 Å². The number of hydrogen-bond donors (Lipinski definition) is 0. The number of ether oxygens (including phenoxy) is 1. The molecular weight excluding hydrogens is 375 g/mol. The third kappa shape index (κ3) is 5.50. The van der Waals surface area contributed by atoms with Gasteiger partial charge in [0.25, 0.3) is 0 Å². The number of benzene rings is 1. The molecule has 5 nitrogen and oxygen atoms in total. The Labute approximate surface area is 161 Å². The van der Waals surface area contributed by atoms with Gasteiger partial charge in [0.15, 0.2) is 0 Å². The summed E-state index contributed by atoms with van der Waals surface area (Å²) in [6.07, 6.45) is -3.46. The van der Waals surface area contributed by atoms with Gasteiger partial charge in [-0.05, 0) is 37.5 Å². The SMILES string of the molecule is CCCCN(CC(F)(F)F)C(=O)CCc1c(C)c2ccc(OC)cc2oc1=O. The highest BCUT2D eigenvalue weighted by molar-refractivity contribution is 5.82. The minimum atomic E-state index is -4.46. The van der Waals surface area contributed by atoms with Gasteiger partial charge in [0.2, 0.25) is 5.91 Å². The molecule has 154 valence electrons. The number of carbonyl (C=O) groups is 1. The molecule has 0 radical (unpaired) electrons. The maximum Gasteiger partial charge on any atom is 0.406 e. The summed E-state index contributed by atoms with van der Waals surface area (Å²) < 4.78 is 48.7. The van der Waals surface area contributed by atoms with E-state index in [-0.39, 0.29) is 19.4 Å². The van der Waals surface area contributed by atoms with Crippen molar-refractivity contribution in [1.29, 1.82) is 0 Å². The van der Waals surface area contributed by atoms with Crippen molar-refractivity contribution >= 4 is 16.9 Å². The first kappa shape index (κ1) is 21.8. The molecule has 1 heterocycles. The molecule has 0 unspecified atom stereocenters. The zero-order valence-electron chi connectivity index (χ0n) is 16.2. The number of hydrogen-bond acceptors (Lipinski definition) is 4. The van der Waals surface area contributed by atoms with Gasteiger partial charge in [0, 0.05) is 30.0 Å². The molecule has 2 rings (SSSR count). The summed E-state index contributed by atoms with van der Waals surface area (Å²) in [4.78, 5) is 25.5. The standard InChI is InChI=1S/C20H24F3NO4/c1-4-5-10-24(12-20(21,22)23)18(25)9-8-16-13(2)15-7-6-14(27-3)11-17(15)28-19(16)26/h6-7,11H,4-5,8-10,12H2,1-3H3. The second-order valence-electron chi connectivity index (χ2n) is 6.64. The largest absolute Gasteiger partial charge is 0.497 e. The predicted octanol–water partition coefficient (Wildman–Crippen LogP) is 4.23. The van der Waals surface area contributed by atoms with E-state index < -0.39 is 24.3 Å². The van der Waals surface area contributed by atoms with Crippen LogP contribution in [0.15, 0.2) is 27.4 Å². The third-order valence-electron chi connectivity index (χ3n) is 4.59. The molecule has 0 saturated heterocycles. The fraction of sp³-hybridized carbons (Fsp3) is 0.500. The molecule has 28 heavy (non-hydrogen) atoms. The second kappa shape index (κ2) is 9.12. The number of unbranched alkanes of at least 4 members (excludes halogenated alkanes) is 1. The normalized spacial score (nSPS) is 11.6. The number of carbonyl (C=O) groups excluding carboxylic acids is 1. The molecule has 1 aromatic carbocycles. The Balaban J connectivity index is 2.21. The number of rotatable bonds is 8. The van der Waals surface area contributed by atoms with E-state index in [1.54, 1.807) is 25.1 Å². The van der Waals surface area contributed by atoms with Crippen molar-refractivity contribution in [2.75, 3.05) is 20.2 Å². The van der Waals surface area contributed by atoms with Crippen molar-refractivity contribution < 1.29 is 27.1 Å². The highest BCUT2D eigenvalue weighted by Crippen LogP contribution is 2.25. The summed E-state index contributed by atoms with van der Waals surface area (Å²) in [5.74, 6) is -0.0869. The molecule has 0 fully saturated rings. The molecule has 1 amide bonds. The van der Waals surface area contributed by atoms with Gasteiger partial charge in [-0.2, -0.15) is 13.2 Å². The smallest absolute Gasteiger partial charge is 0.406 e. The van der Waals surface area contributed by atoms with E-state index in [9.17, 15) is 22.8 Å². The van der Waals surface area contributed by atoms with Gasteiger partial charge < -0.3 is 14.1 Å². The zero-order valence-corrected chi connectivity index (χ0v) is 16.2. The molecule has 0 N–H and O–H groups in total. The monoisotopic (exact) mass is 399 g/mol. The van der Waals surface area contributed by atoms with E-state index in [4.69, 9.17) is 9.15 Å². The topological polar surface area (TPSA) is 59.8 Å². The van der Waals surface area contributed by atoms with Gasteiger partial charge in [0.1, 0.15) is 17.9 Å². The third-order valence-corrected chi connectivity index (χ3v) is 4.59. The highest BCUT2D eigenvalue weighted by Gasteiger charge is 2.32. The van der Waals surface area contributed by atoms with E-state index in [1.165, 1.54) is 7.11 Å². The van der Waals surface area contributed by atoms with Crippen LogP contribution in [-0.2, 0) is 11.2 Å². The Bertz CT molecular complexity index is 889. The molecule has 0 atom stereocenters. The summed E-state index contributed by atoms with van der Waals surface area (Å²) in [6, 6.07) is 5.06. The molecular formula is C20H24F3NO4. The van der Waals surface area contributed by atoms with Crippen LogP contribution in [0.5, 0.6) is 5.75 Å². The number of amides is 1. The van der Waals surface area contributed by atoms with Crippen LogP contribution in [0, 0.1) is 6.92 Å². The lowest BCUT2D eigenvalue weighted by molar-refractivity contribution is -0.161. The summed E-state index contributed by atoms with van der Waals surface area (Å²) in [7, 11) is 1.50. The number of aryl methyl sites for hydroxylation is 1. The maximum atomic E-state index is 12.8. The lowest BCUT2D eigenvalue weighted by Crippen LogP contribution is -2.39. The molecule has 0 bridgehead atoms. The quantitative estimate of drug-likeness (QED) is 0.623. The lowest BCUT2D eigenvalue weighted by Gasteiger charge is -2.24. The zero-order chi connectivity index (χ0) is 20.9. The molecule has 0 aliphatic rings. The number of fused-ring (bicyclic) bond motifs is 1. The Kier molecular flexibility index (Phi) is 7.10. The van der Waals surface area contributed by atoms with Crippen LogP contribution >= 0.6 is 0 Å². The van der Waals surface area contributed by atoms with Crippen molar-refractivity contribution in [3.63, 3.8) is 0 Å². The van der Waals surface area contributed by atoms with Crippen LogP contribution in [0.25, 0.3) is 11.0 Å². The van der Waals surface area contributed by atoms with Gasteiger partial charge in [-0.15, -0.1) is 0 Å². The van der Waals surface area contributed by atoms with Gasteiger partial charge in [-0.3, -0.25) is 4.79 Å². The lowest BCUT2D eigenvalue weighted by atomic mass is 10.0. The minimum absolute atomic E-state index is 0.0233. The van der Waals surface area contributed by atoms with Gasteiger partial charge in [0.05, 0.1) is 7.11 Å². The van der Waals surface area contributed by atoms with Crippen LogP contribution < -0.4 is 10.4 Å². The number of halogens is 3. The van der Waals surface area contributed by atoms with Crippen molar-refractivity contribution in [3.8, 4) is 5.75 Å². The van der Waals surface area contributed by atoms with Gasteiger partial charge in [-0.25, -0.2) is 4.79 Å². The minimum Gasteiger partial charge on any atom is -0.497 e. The van der Waals surface area contributed by atoms with Crippen LogP contribution in [0.4, 0.5) is 13.2 Å². The molecule has 8 heteroatoms. The molecule has 2 aromatic rings. The highest BCUT2D eigenvalue weighted by atomic mass is 19.4. The van der Waals surface area contributed by atoms with E-state index in [1.807, 2.05) is 6.92 Å². The average molecular weight is 399 g/mol. The van der Waals surface area contributed by atoms with E-state index in [0.717, 1.165) is 4.90 Å². The number of alkyl halides is 3. The second-order valence-corrected chi connectivity index (χ2v) is 6.64. The molecule has 0 spiro atoms. The van der Waals surface area contributed by atoms with Crippen LogP contribution in [0.1, 0.15) is 37.3 Å². The molecule has 0 aliphatic heterocycles. The number of nitrogens with zero attached hydrogens (tertiary/aromatic N) is 1. The van der Waals surface area contributed by atoms with Gasteiger partial charge >= 0.3 is 11.8 Å². The predicted molar refractivity (Wildman–Crippen MR) is 99.6 cm³/mol. The Morgan fingerprint density at radius 2 is 2.00 bits per heavy atom. The van der Waals surface area contributed by atoms with Crippen molar-refractivity contribution in [2.24, 2.45) is 0 Å². The van der Waals surface area contributed by atoms with E-state index >= 15 is 0 Å². The van der Waals surface area contributed by atoms with Crippen molar-refractivity contribution in [3.05, 3.63) is 39.7 Å². The van der Waals surface area contributed by atoms with Crippen LogP contribution in [0.2, 0.25) is 0 Å². The van der Waals surface area contributed by atoms with Crippen molar-refractivity contribution in [2.45, 2.75) is 45.7 Å². The van der Waals surface area contributed by atoms with Crippen LogP contribution in [0.3, 0.4) is 0 Å². The first-order chi connectivity index (χ1) is 13.2. The Morgan fingerprint density at radius 1 is 1.29 bits per heavy atom. The van der Waals surface area contributed by atoms with E-state index in [0.29, 0.717) is 40.7 Å². The Morgan fingerprint density at radius 3 is 2.61 bits per heavy atom. The molecule has 0 aliphatic carbocycles. The Hall–Kier alpha value is -2.51. The van der Waals surface area contributed by atoms with Crippen LogP contribution in [-0.4, -0.2) is 37.2 Å². The van der Waals surface area contributed by atoms with Gasteiger partial charge in [-0.1, -0.05) is 13.3 Å². The molecule has 0 saturated carbocycles. The number of methoxy groups -OCH3 is 1. The summed E-state index contributed by atoms with van der Waals surface area (Å²) >= 11 is 0. The summed E-state index contributed by atoms with van der Waals surface area (Å²) in [6.45, 7) is 2.34. The maximum absolute atomic E-state index is 12.8. The summed E-state index contributed by atoms with van der Waals surface area (Å²) in [5.41, 5.74) is 0.714. The summed E-state index contributed by atoms with van der Waals surface area (Å²) in [5, 5.41) is 0.695. The fourth-order valence-corrected chi connectivity index (χ4v) is 3.04. The van der Waals surface area contributed by atoms with Crippen molar-refractivity contribution in [1.82, 2.24) is 4.90 Å². The average Bonchev–Trinajstić information content (AvgIpc) is 2.63. The first-order valence-electron chi connectivity index (χ1n) is 9.11.